The normalized spacial score (nSPS) is 21.8. The van der Waals surface area contributed by atoms with Crippen LogP contribution in [0.15, 0.2) is 18.2 Å². The molecular formula is C18H27ClN2O4S. The monoisotopic (exact) mass is 402 g/mol. The minimum Gasteiger partial charge on any atom is -0.497 e. The lowest BCUT2D eigenvalue weighted by Crippen LogP contribution is -2.57. The van der Waals surface area contributed by atoms with E-state index in [4.69, 9.17) is 4.74 Å². The summed E-state index contributed by atoms with van der Waals surface area (Å²) in [6.07, 6.45) is 4.54. The summed E-state index contributed by atoms with van der Waals surface area (Å²) < 4.78 is 28.8. The molecule has 2 N–H and O–H groups in total. The molecule has 3 rings (SSSR count). The lowest BCUT2D eigenvalue weighted by Gasteiger charge is -2.36. The van der Waals surface area contributed by atoms with E-state index < -0.39 is 14.6 Å². The number of halogens is 1. The van der Waals surface area contributed by atoms with E-state index >= 15 is 0 Å². The average Bonchev–Trinajstić information content (AvgIpc) is 2.61. The Morgan fingerprint density at radius 1 is 1.31 bits per heavy atom. The minimum atomic E-state index is -3.50. The van der Waals surface area contributed by atoms with Crippen molar-refractivity contribution in [3.8, 4) is 5.75 Å². The van der Waals surface area contributed by atoms with E-state index in [0.29, 0.717) is 25.9 Å². The lowest BCUT2D eigenvalue weighted by atomic mass is 9.86. The van der Waals surface area contributed by atoms with Crippen LogP contribution in [-0.4, -0.2) is 45.5 Å². The quantitative estimate of drug-likeness (QED) is 0.801. The molecule has 1 amide bonds. The molecule has 146 valence electrons. The van der Waals surface area contributed by atoms with Gasteiger partial charge in [-0.1, -0.05) is 6.07 Å². The van der Waals surface area contributed by atoms with E-state index in [1.54, 1.807) is 7.11 Å². The van der Waals surface area contributed by atoms with Gasteiger partial charge in [0.05, 0.1) is 13.2 Å². The van der Waals surface area contributed by atoms with Crippen molar-refractivity contribution in [1.82, 2.24) is 10.6 Å². The summed E-state index contributed by atoms with van der Waals surface area (Å²) in [6.45, 7) is 1.08. The summed E-state index contributed by atoms with van der Waals surface area (Å²) in [5, 5.41) is 6.18. The molecule has 6 nitrogen and oxygen atoms in total. The molecule has 0 radical (unpaired) electrons. The van der Waals surface area contributed by atoms with Crippen LogP contribution >= 0.6 is 12.4 Å². The lowest BCUT2D eigenvalue weighted by molar-refractivity contribution is -0.125. The van der Waals surface area contributed by atoms with Gasteiger partial charge >= 0.3 is 0 Å². The van der Waals surface area contributed by atoms with Gasteiger partial charge in [0.2, 0.25) is 5.91 Å². The number of methoxy groups -OCH3 is 1. The van der Waals surface area contributed by atoms with Crippen LogP contribution in [0.1, 0.15) is 42.9 Å². The fraction of sp³-hybridized carbons (Fsp3) is 0.611. The number of ether oxygens (including phenoxy) is 1. The maximum atomic E-state index is 13.0. The number of aryl methyl sites for hydroxylation is 1. The van der Waals surface area contributed by atoms with Gasteiger partial charge in [0.1, 0.15) is 5.75 Å². The summed E-state index contributed by atoms with van der Waals surface area (Å²) in [5.41, 5.74) is 2.23. The Balaban J connectivity index is 0.00000243. The van der Waals surface area contributed by atoms with E-state index in [1.807, 2.05) is 18.2 Å². The van der Waals surface area contributed by atoms with Crippen molar-refractivity contribution < 1.29 is 17.9 Å². The highest BCUT2D eigenvalue weighted by Gasteiger charge is 2.49. The number of carbonyl (C=O) groups is 1. The summed E-state index contributed by atoms with van der Waals surface area (Å²) in [7, 11) is -1.86. The number of hydrogen-bond acceptors (Lipinski definition) is 5. The van der Waals surface area contributed by atoms with Crippen LogP contribution in [0.2, 0.25) is 0 Å². The van der Waals surface area contributed by atoms with Crippen molar-refractivity contribution >= 4 is 28.2 Å². The van der Waals surface area contributed by atoms with Gasteiger partial charge in [-0.15, -0.1) is 12.4 Å². The zero-order chi connectivity index (χ0) is 18.1. The van der Waals surface area contributed by atoms with Gasteiger partial charge in [0.15, 0.2) is 14.6 Å². The molecule has 1 aliphatic heterocycles. The van der Waals surface area contributed by atoms with Gasteiger partial charge in [-0.05, 0) is 68.5 Å². The fourth-order valence-electron chi connectivity index (χ4n) is 3.95. The van der Waals surface area contributed by atoms with Crippen molar-refractivity contribution in [2.75, 3.05) is 26.5 Å². The zero-order valence-corrected chi connectivity index (χ0v) is 16.8. The topological polar surface area (TPSA) is 84.5 Å². The fourth-order valence-corrected chi connectivity index (χ4v) is 5.30. The molecule has 1 unspecified atom stereocenters. The van der Waals surface area contributed by atoms with Gasteiger partial charge in [-0.2, -0.15) is 0 Å². The van der Waals surface area contributed by atoms with Crippen LogP contribution in [0, 0.1) is 0 Å². The summed E-state index contributed by atoms with van der Waals surface area (Å²) in [5.74, 6) is 0.446. The second-order valence-corrected chi connectivity index (χ2v) is 9.33. The predicted octanol–water partition coefficient (Wildman–Crippen LogP) is 1.78. The van der Waals surface area contributed by atoms with Gasteiger partial charge in [-0.25, -0.2) is 8.42 Å². The SMILES string of the molecule is COc1ccc2c(c1)CCCC2NC(=O)C1(S(C)(=O)=O)CCNCC1.Cl. The number of fused-ring (bicyclic) bond motifs is 1. The molecule has 1 aromatic rings. The molecule has 26 heavy (non-hydrogen) atoms. The third-order valence-corrected chi connectivity index (χ3v) is 7.52. The number of benzene rings is 1. The van der Waals surface area contributed by atoms with Gasteiger partial charge in [-0.3, -0.25) is 4.79 Å². The zero-order valence-electron chi connectivity index (χ0n) is 15.2. The smallest absolute Gasteiger partial charge is 0.242 e. The standard InChI is InChI=1S/C18H26N2O4S.ClH/c1-24-14-6-7-15-13(12-14)4-3-5-16(15)20-17(21)18(25(2,22)23)8-10-19-11-9-18;/h6-7,12,16,19H,3-5,8-11H2,1-2H3,(H,20,21);1H. The Morgan fingerprint density at radius 2 is 2.00 bits per heavy atom. The second-order valence-electron chi connectivity index (χ2n) is 7.00. The van der Waals surface area contributed by atoms with E-state index in [1.165, 1.54) is 6.26 Å². The molecule has 1 aliphatic carbocycles. The number of piperidine rings is 1. The van der Waals surface area contributed by atoms with Crippen LogP contribution < -0.4 is 15.4 Å². The molecule has 1 saturated heterocycles. The number of carbonyl (C=O) groups excluding carboxylic acids is 1. The van der Waals surface area contributed by atoms with Crippen molar-refractivity contribution in [2.24, 2.45) is 0 Å². The Morgan fingerprint density at radius 3 is 2.62 bits per heavy atom. The average molecular weight is 403 g/mol. The van der Waals surface area contributed by atoms with Crippen LogP contribution in [-0.2, 0) is 21.1 Å². The summed E-state index contributed by atoms with van der Waals surface area (Å²) in [6, 6.07) is 5.73. The van der Waals surface area contributed by atoms with Crippen LogP contribution in [0.3, 0.4) is 0 Å². The van der Waals surface area contributed by atoms with Crippen LogP contribution in [0.25, 0.3) is 0 Å². The van der Waals surface area contributed by atoms with Gasteiger partial charge < -0.3 is 15.4 Å². The van der Waals surface area contributed by atoms with E-state index in [2.05, 4.69) is 10.6 Å². The molecule has 1 atom stereocenters. The second kappa shape index (κ2) is 8.15. The highest BCUT2D eigenvalue weighted by atomic mass is 35.5. The molecule has 0 saturated carbocycles. The molecule has 2 aliphatic rings. The Kier molecular flexibility index (Phi) is 6.58. The third kappa shape index (κ3) is 3.85. The largest absolute Gasteiger partial charge is 0.497 e. The Hall–Kier alpha value is -1.31. The van der Waals surface area contributed by atoms with E-state index in [9.17, 15) is 13.2 Å². The third-order valence-electron chi connectivity index (χ3n) is 5.50. The van der Waals surface area contributed by atoms with Crippen LogP contribution in [0.5, 0.6) is 5.75 Å². The van der Waals surface area contributed by atoms with Crippen molar-refractivity contribution in [1.29, 1.82) is 0 Å². The number of hydrogen-bond donors (Lipinski definition) is 2. The number of sulfone groups is 1. The van der Waals surface area contributed by atoms with Crippen LogP contribution in [0.4, 0.5) is 0 Å². The first kappa shape index (κ1) is 21.0. The molecule has 8 heteroatoms. The highest BCUT2D eigenvalue weighted by molar-refractivity contribution is 7.92. The summed E-state index contributed by atoms with van der Waals surface area (Å²) in [4.78, 5) is 13.0. The van der Waals surface area contributed by atoms with E-state index in [0.717, 1.165) is 36.1 Å². The Bertz CT molecular complexity index is 760. The molecule has 1 fully saturated rings. The maximum absolute atomic E-state index is 13.0. The van der Waals surface area contributed by atoms with Crippen molar-refractivity contribution in [2.45, 2.75) is 42.9 Å². The number of amides is 1. The van der Waals surface area contributed by atoms with Gasteiger partial charge in [0, 0.05) is 6.26 Å². The predicted molar refractivity (Wildman–Crippen MR) is 104 cm³/mol. The minimum absolute atomic E-state index is 0. The van der Waals surface area contributed by atoms with Crippen molar-refractivity contribution in [3.63, 3.8) is 0 Å². The molecule has 1 heterocycles. The highest BCUT2D eigenvalue weighted by Crippen LogP contribution is 2.34. The maximum Gasteiger partial charge on any atom is 0.242 e. The first-order valence-electron chi connectivity index (χ1n) is 8.75. The first-order valence-corrected chi connectivity index (χ1v) is 10.6. The number of rotatable bonds is 4. The number of nitrogens with one attached hydrogen (secondary N) is 2. The molecule has 0 spiro atoms. The van der Waals surface area contributed by atoms with E-state index in [-0.39, 0.29) is 24.4 Å². The Labute approximate surface area is 161 Å². The molecular weight excluding hydrogens is 376 g/mol. The van der Waals surface area contributed by atoms with Gasteiger partial charge in [0.25, 0.3) is 0 Å². The molecule has 0 bridgehead atoms. The molecule has 1 aromatic carbocycles. The molecule has 0 aromatic heterocycles. The van der Waals surface area contributed by atoms with Crippen molar-refractivity contribution in [3.05, 3.63) is 29.3 Å². The first-order chi connectivity index (χ1) is 11.9. The summed E-state index contributed by atoms with van der Waals surface area (Å²) >= 11 is 0.